The SMILES string of the molecule is Cc1cc(C(=O)CN2C(=O)NC3(CCCC3)C2=O)c(C)n1C[C@@H]1COc2ccccc2O1. The number of Topliss-reactive ketones (excluding diaryl/α,β-unsaturated/α-hetero) is 1. The number of hydrogen-bond donors (Lipinski definition) is 1. The van der Waals surface area contributed by atoms with Gasteiger partial charge in [0.15, 0.2) is 23.4 Å². The predicted molar refractivity (Wildman–Crippen MR) is 116 cm³/mol. The van der Waals surface area contributed by atoms with Crippen molar-refractivity contribution in [3.8, 4) is 11.5 Å². The molecule has 1 aliphatic carbocycles. The van der Waals surface area contributed by atoms with Crippen molar-refractivity contribution in [2.45, 2.75) is 57.7 Å². The van der Waals surface area contributed by atoms with Gasteiger partial charge in [-0.1, -0.05) is 25.0 Å². The number of amides is 3. The van der Waals surface area contributed by atoms with Crippen molar-refractivity contribution in [2.24, 2.45) is 0 Å². The Kier molecular flexibility index (Phi) is 4.95. The molecule has 3 aliphatic rings. The summed E-state index contributed by atoms with van der Waals surface area (Å²) in [6.45, 7) is 4.52. The normalized spacial score (nSPS) is 21.3. The second kappa shape index (κ2) is 7.69. The maximum atomic E-state index is 13.1. The lowest BCUT2D eigenvalue weighted by Crippen LogP contribution is -2.44. The Morgan fingerprint density at radius 1 is 1.16 bits per heavy atom. The molecular formula is C24H27N3O5. The van der Waals surface area contributed by atoms with Crippen LogP contribution in [0.3, 0.4) is 0 Å². The zero-order valence-corrected chi connectivity index (χ0v) is 18.3. The third-order valence-electron chi connectivity index (χ3n) is 6.83. The van der Waals surface area contributed by atoms with Crippen molar-refractivity contribution in [3.05, 3.63) is 47.3 Å². The highest BCUT2D eigenvalue weighted by Gasteiger charge is 2.52. The van der Waals surface area contributed by atoms with Gasteiger partial charge in [-0.25, -0.2) is 4.79 Å². The molecule has 8 nitrogen and oxygen atoms in total. The highest BCUT2D eigenvalue weighted by atomic mass is 16.6. The minimum Gasteiger partial charge on any atom is -0.486 e. The molecule has 2 aromatic rings. The fraction of sp³-hybridized carbons (Fsp3) is 0.458. The van der Waals surface area contributed by atoms with Gasteiger partial charge >= 0.3 is 6.03 Å². The Morgan fingerprint density at radius 2 is 1.88 bits per heavy atom. The van der Waals surface area contributed by atoms with E-state index in [0.717, 1.165) is 34.9 Å². The van der Waals surface area contributed by atoms with Crippen LogP contribution >= 0.6 is 0 Å². The van der Waals surface area contributed by atoms with Crippen LogP contribution in [-0.4, -0.2) is 52.0 Å². The average Bonchev–Trinajstić information content (AvgIpc) is 3.43. The Balaban J connectivity index is 1.30. The second-order valence-corrected chi connectivity index (χ2v) is 8.93. The molecule has 2 aliphatic heterocycles. The lowest BCUT2D eigenvalue weighted by molar-refractivity contribution is -0.130. The van der Waals surface area contributed by atoms with Crippen LogP contribution in [-0.2, 0) is 11.3 Å². The standard InChI is InChI=1S/C24H27N3O5/c1-15-11-18(19(28)13-27-22(29)24(25-23(27)30)9-5-6-10-24)16(2)26(15)12-17-14-31-20-7-3-4-8-21(20)32-17/h3-4,7-8,11,17H,5-6,9-10,12-14H2,1-2H3,(H,25,30)/t17-/m1/s1. The van der Waals surface area contributed by atoms with Crippen LogP contribution in [0.4, 0.5) is 4.79 Å². The molecule has 5 rings (SSSR count). The summed E-state index contributed by atoms with van der Waals surface area (Å²) in [4.78, 5) is 39.5. The summed E-state index contributed by atoms with van der Waals surface area (Å²) in [5.41, 5.74) is 1.42. The van der Waals surface area contributed by atoms with Crippen LogP contribution in [0.1, 0.15) is 47.4 Å². The molecule has 2 fully saturated rings. The molecule has 0 bridgehead atoms. The molecular weight excluding hydrogens is 410 g/mol. The minimum atomic E-state index is -0.803. The maximum Gasteiger partial charge on any atom is 0.325 e. The number of nitrogens with zero attached hydrogens (tertiary/aromatic N) is 2. The van der Waals surface area contributed by atoms with Gasteiger partial charge in [-0.05, 0) is 44.9 Å². The van der Waals surface area contributed by atoms with Crippen LogP contribution in [0.25, 0.3) is 0 Å². The van der Waals surface area contributed by atoms with Crippen molar-refractivity contribution >= 4 is 17.7 Å². The fourth-order valence-corrected chi connectivity index (χ4v) is 5.09. The first-order chi connectivity index (χ1) is 15.4. The Morgan fingerprint density at radius 3 is 2.62 bits per heavy atom. The molecule has 3 amide bonds. The number of ether oxygens (including phenoxy) is 2. The maximum absolute atomic E-state index is 13.1. The number of urea groups is 1. The van der Waals surface area contributed by atoms with Gasteiger partial charge in [-0.15, -0.1) is 0 Å². The summed E-state index contributed by atoms with van der Waals surface area (Å²) in [5, 5.41) is 2.83. The molecule has 1 N–H and O–H groups in total. The smallest absolute Gasteiger partial charge is 0.325 e. The molecule has 1 atom stereocenters. The van der Waals surface area contributed by atoms with Gasteiger partial charge in [-0.3, -0.25) is 14.5 Å². The van der Waals surface area contributed by atoms with E-state index in [1.165, 1.54) is 0 Å². The van der Waals surface area contributed by atoms with Gasteiger partial charge in [0.25, 0.3) is 5.91 Å². The van der Waals surface area contributed by atoms with Crippen molar-refractivity contribution in [1.82, 2.24) is 14.8 Å². The number of para-hydroxylation sites is 2. The number of ketones is 1. The van der Waals surface area contributed by atoms with Crippen molar-refractivity contribution in [3.63, 3.8) is 0 Å². The van der Waals surface area contributed by atoms with E-state index < -0.39 is 11.6 Å². The highest BCUT2D eigenvalue weighted by molar-refractivity contribution is 6.11. The van der Waals surface area contributed by atoms with Crippen LogP contribution < -0.4 is 14.8 Å². The predicted octanol–water partition coefficient (Wildman–Crippen LogP) is 2.99. The number of hydrogen-bond acceptors (Lipinski definition) is 5. The average molecular weight is 437 g/mol. The van der Waals surface area contributed by atoms with Crippen molar-refractivity contribution in [1.29, 1.82) is 0 Å². The molecule has 32 heavy (non-hydrogen) atoms. The quantitative estimate of drug-likeness (QED) is 0.574. The van der Waals surface area contributed by atoms with Crippen LogP contribution in [0.15, 0.2) is 30.3 Å². The second-order valence-electron chi connectivity index (χ2n) is 8.93. The lowest BCUT2D eigenvalue weighted by Gasteiger charge is -2.27. The van der Waals surface area contributed by atoms with Gasteiger partial charge in [-0.2, -0.15) is 0 Å². The largest absolute Gasteiger partial charge is 0.486 e. The third-order valence-corrected chi connectivity index (χ3v) is 6.83. The fourth-order valence-electron chi connectivity index (χ4n) is 5.09. The van der Waals surface area contributed by atoms with Crippen molar-refractivity contribution < 1.29 is 23.9 Å². The topological polar surface area (TPSA) is 89.9 Å². The number of fused-ring (bicyclic) bond motifs is 1. The first kappa shape index (κ1) is 20.6. The minimum absolute atomic E-state index is 0.189. The van der Waals surface area contributed by atoms with E-state index in [2.05, 4.69) is 5.32 Å². The van der Waals surface area contributed by atoms with Gasteiger partial charge in [0.1, 0.15) is 12.1 Å². The summed E-state index contributed by atoms with van der Waals surface area (Å²) in [7, 11) is 0. The number of imide groups is 1. The third kappa shape index (κ3) is 3.34. The first-order valence-corrected chi connectivity index (χ1v) is 11.1. The van der Waals surface area contributed by atoms with E-state index in [-0.39, 0.29) is 24.3 Å². The Hall–Kier alpha value is -3.29. The molecule has 1 aromatic heterocycles. The van der Waals surface area contributed by atoms with E-state index in [1.807, 2.05) is 48.7 Å². The number of carbonyl (C=O) groups is 3. The zero-order valence-electron chi connectivity index (χ0n) is 18.3. The Bertz CT molecular complexity index is 1100. The molecule has 0 radical (unpaired) electrons. The van der Waals surface area contributed by atoms with Gasteiger partial charge in [0.05, 0.1) is 13.1 Å². The highest BCUT2D eigenvalue weighted by Crippen LogP contribution is 2.35. The number of benzene rings is 1. The Labute approximate surface area is 186 Å². The van der Waals surface area contributed by atoms with E-state index >= 15 is 0 Å². The molecule has 1 saturated carbocycles. The summed E-state index contributed by atoms with van der Waals surface area (Å²) < 4.78 is 13.9. The molecule has 8 heteroatoms. The van der Waals surface area contributed by atoms with Gasteiger partial charge < -0.3 is 19.4 Å². The number of nitrogens with one attached hydrogen (secondary N) is 1. The number of aromatic nitrogens is 1. The van der Waals surface area contributed by atoms with Crippen LogP contribution in [0.5, 0.6) is 11.5 Å². The molecule has 1 spiro atoms. The monoisotopic (exact) mass is 437 g/mol. The van der Waals surface area contributed by atoms with Crippen molar-refractivity contribution in [2.75, 3.05) is 13.2 Å². The van der Waals surface area contributed by atoms with E-state index in [1.54, 1.807) is 0 Å². The van der Waals surface area contributed by atoms with E-state index in [4.69, 9.17) is 9.47 Å². The first-order valence-electron chi connectivity index (χ1n) is 11.1. The van der Waals surface area contributed by atoms with E-state index in [9.17, 15) is 14.4 Å². The molecule has 0 unspecified atom stereocenters. The van der Waals surface area contributed by atoms with E-state index in [0.29, 0.717) is 37.3 Å². The van der Waals surface area contributed by atoms with Gasteiger partial charge in [0.2, 0.25) is 0 Å². The van der Waals surface area contributed by atoms with Crippen LogP contribution in [0.2, 0.25) is 0 Å². The number of aryl methyl sites for hydroxylation is 1. The zero-order chi connectivity index (χ0) is 22.5. The summed E-state index contributed by atoms with van der Waals surface area (Å²) in [6, 6.07) is 8.91. The summed E-state index contributed by atoms with van der Waals surface area (Å²) in [5.74, 6) is 0.929. The number of carbonyl (C=O) groups excluding carboxylic acids is 3. The van der Waals surface area contributed by atoms with Gasteiger partial charge in [0, 0.05) is 17.0 Å². The lowest BCUT2D eigenvalue weighted by atomic mass is 9.98. The molecule has 3 heterocycles. The number of rotatable bonds is 5. The van der Waals surface area contributed by atoms with Crippen LogP contribution in [0, 0.1) is 13.8 Å². The summed E-state index contributed by atoms with van der Waals surface area (Å²) in [6.07, 6.45) is 2.91. The summed E-state index contributed by atoms with van der Waals surface area (Å²) >= 11 is 0. The molecule has 168 valence electrons. The molecule has 1 saturated heterocycles. The molecule has 1 aromatic carbocycles.